The molecule has 0 aliphatic rings. The first-order valence-corrected chi connectivity index (χ1v) is 13.0. The lowest BCUT2D eigenvalue weighted by atomic mass is 10.0. The standard InChI is InChI=1S/C17H38O6P2/c1-3-5-7-9-11-13-15-17(24(18,19)20,25(21,22)23)16-14-12-10-8-6-4-2/h3-16H2,1-2H3,(H2,18,19,20)(H2,21,22,23). The minimum atomic E-state index is -4.91. The maximum Gasteiger partial charge on any atom is 0.343 e. The van der Waals surface area contributed by atoms with Crippen LogP contribution in [0.3, 0.4) is 0 Å². The molecule has 0 bridgehead atoms. The molecule has 0 atom stereocenters. The molecule has 0 spiro atoms. The van der Waals surface area contributed by atoms with E-state index >= 15 is 0 Å². The smallest absolute Gasteiger partial charge is 0.324 e. The molecule has 0 fully saturated rings. The van der Waals surface area contributed by atoms with Gasteiger partial charge in [0.2, 0.25) is 0 Å². The molecule has 0 aliphatic carbocycles. The molecule has 25 heavy (non-hydrogen) atoms. The number of hydrogen-bond donors (Lipinski definition) is 4. The van der Waals surface area contributed by atoms with Gasteiger partial charge in [-0.1, -0.05) is 90.9 Å². The van der Waals surface area contributed by atoms with Gasteiger partial charge in [0.1, 0.15) is 0 Å². The first-order chi connectivity index (χ1) is 11.6. The van der Waals surface area contributed by atoms with Crippen LogP contribution in [0, 0.1) is 0 Å². The van der Waals surface area contributed by atoms with Crippen LogP contribution < -0.4 is 0 Å². The fourth-order valence-corrected chi connectivity index (χ4v) is 6.41. The molecule has 0 rings (SSSR count). The van der Waals surface area contributed by atoms with Crippen molar-refractivity contribution in [3.05, 3.63) is 0 Å². The lowest BCUT2D eigenvalue weighted by molar-refractivity contribution is 0.288. The molecule has 0 aromatic carbocycles. The third-order valence-electron chi connectivity index (χ3n) is 4.95. The van der Waals surface area contributed by atoms with Crippen molar-refractivity contribution in [3.63, 3.8) is 0 Å². The van der Waals surface area contributed by atoms with Crippen LogP contribution in [0.25, 0.3) is 0 Å². The average Bonchev–Trinajstić information content (AvgIpc) is 2.49. The van der Waals surface area contributed by atoms with Gasteiger partial charge in [0.15, 0.2) is 4.90 Å². The van der Waals surface area contributed by atoms with Gasteiger partial charge in [0, 0.05) is 0 Å². The van der Waals surface area contributed by atoms with Crippen molar-refractivity contribution in [2.75, 3.05) is 0 Å². The Morgan fingerprint density at radius 1 is 0.560 bits per heavy atom. The Balaban J connectivity index is 4.79. The van der Waals surface area contributed by atoms with Gasteiger partial charge in [-0.3, -0.25) is 9.13 Å². The molecule has 152 valence electrons. The average molecular weight is 400 g/mol. The predicted octanol–water partition coefficient (Wildman–Crippen LogP) is 5.54. The first-order valence-electron chi connectivity index (χ1n) is 9.73. The fourth-order valence-electron chi connectivity index (χ4n) is 3.25. The van der Waals surface area contributed by atoms with Crippen LogP contribution in [0.15, 0.2) is 0 Å². The van der Waals surface area contributed by atoms with E-state index in [0.29, 0.717) is 12.8 Å². The van der Waals surface area contributed by atoms with Gasteiger partial charge in [0.25, 0.3) is 0 Å². The third-order valence-corrected chi connectivity index (χ3v) is 9.57. The van der Waals surface area contributed by atoms with Crippen molar-refractivity contribution in [2.45, 2.75) is 109 Å². The summed E-state index contributed by atoms with van der Waals surface area (Å²) in [6, 6.07) is 0. The highest BCUT2D eigenvalue weighted by Crippen LogP contribution is 2.73. The van der Waals surface area contributed by atoms with E-state index in [1.807, 2.05) is 0 Å². The maximum atomic E-state index is 12.0. The van der Waals surface area contributed by atoms with E-state index in [1.54, 1.807) is 0 Å². The molecule has 6 nitrogen and oxygen atoms in total. The number of hydrogen-bond acceptors (Lipinski definition) is 2. The highest BCUT2D eigenvalue weighted by atomic mass is 31.2. The predicted molar refractivity (Wildman–Crippen MR) is 103 cm³/mol. The summed E-state index contributed by atoms with van der Waals surface area (Å²) in [4.78, 5) is 36.9. The Labute approximate surface area is 153 Å². The second-order valence-electron chi connectivity index (χ2n) is 7.11. The van der Waals surface area contributed by atoms with E-state index in [-0.39, 0.29) is 12.8 Å². The molecular weight excluding hydrogens is 362 g/mol. The lowest BCUT2D eigenvalue weighted by Gasteiger charge is -2.35. The van der Waals surface area contributed by atoms with Gasteiger partial charge in [-0.25, -0.2) is 0 Å². The molecule has 0 saturated carbocycles. The second-order valence-corrected chi connectivity index (χ2v) is 11.3. The Hall–Kier alpha value is 0.300. The van der Waals surface area contributed by atoms with Crippen molar-refractivity contribution < 1.29 is 28.7 Å². The van der Waals surface area contributed by atoms with Gasteiger partial charge in [0.05, 0.1) is 0 Å². The van der Waals surface area contributed by atoms with E-state index in [4.69, 9.17) is 0 Å². The van der Waals surface area contributed by atoms with Gasteiger partial charge >= 0.3 is 15.2 Å². The minimum absolute atomic E-state index is 0.108. The van der Waals surface area contributed by atoms with Crippen LogP contribution in [0.1, 0.15) is 104 Å². The van der Waals surface area contributed by atoms with Crippen molar-refractivity contribution in [1.82, 2.24) is 0 Å². The maximum absolute atomic E-state index is 12.0. The van der Waals surface area contributed by atoms with E-state index in [1.165, 1.54) is 0 Å². The van der Waals surface area contributed by atoms with Gasteiger partial charge in [-0.2, -0.15) is 0 Å². The normalized spacial score (nSPS) is 13.4. The number of rotatable bonds is 16. The van der Waals surface area contributed by atoms with Crippen LogP contribution in [0.4, 0.5) is 0 Å². The molecule has 0 aromatic rings. The topological polar surface area (TPSA) is 115 Å². The zero-order valence-corrected chi connectivity index (χ0v) is 17.7. The van der Waals surface area contributed by atoms with Crippen LogP contribution in [0.5, 0.6) is 0 Å². The lowest BCUT2D eigenvalue weighted by Crippen LogP contribution is -2.29. The minimum Gasteiger partial charge on any atom is -0.324 e. The molecule has 0 aliphatic heterocycles. The van der Waals surface area contributed by atoms with Crippen LogP contribution in [-0.2, 0) is 9.13 Å². The summed E-state index contributed by atoms with van der Waals surface area (Å²) in [6.07, 6.45) is 10.6. The van der Waals surface area contributed by atoms with E-state index in [2.05, 4.69) is 13.8 Å². The Morgan fingerprint density at radius 3 is 1.12 bits per heavy atom. The molecule has 0 unspecified atom stereocenters. The van der Waals surface area contributed by atoms with Crippen molar-refractivity contribution in [1.29, 1.82) is 0 Å². The highest BCUT2D eigenvalue weighted by molar-refractivity contribution is 7.72. The van der Waals surface area contributed by atoms with E-state index in [9.17, 15) is 28.7 Å². The van der Waals surface area contributed by atoms with Crippen molar-refractivity contribution in [2.24, 2.45) is 0 Å². The van der Waals surface area contributed by atoms with Gasteiger partial charge in [-0.05, 0) is 12.8 Å². The summed E-state index contributed by atoms with van der Waals surface area (Å²) in [5.41, 5.74) is 0. The molecule has 0 aromatic heterocycles. The quantitative estimate of drug-likeness (QED) is 0.200. The Bertz CT molecular complexity index is 389. The number of unbranched alkanes of at least 4 members (excludes halogenated alkanes) is 10. The van der Waals surface area contributed by atoms with Crippen LogP contribution >= 0.6 is 15.2 Å². The van der Waals surface area contributed by atoms with Gasteiger partial charge in [-0.15, -0.1) is 0 Å². The Morgan fingerprint density at radius 2 is 0.840 bits per heavy atom. The zero-order chi connectivity index (χ0) is 19.4. The molecule has 0 amide bonds. The second kappa shape index (κ2) is 12.6. The Kier molecular flexibility index (Phi) is 12.8. The molecule has 0 saturated heterocycles. The monoisotopic (exact) mass is 400 g/mol. The van der Waals surface area contributed by atoms with Crippen molar-refractivity contribution >= 4 is 15.2 Å². The summed E-state index contributed by atoms with van der Waals surface area (Å²) >= 11 is 0. The largest absolute Gasteiger partial charge is 0.343 e. The molecule has 8 heteroatoms. The van der Waals surface area contributed by atoms with Crippen molar-refractivity contribution in [3.8, 4) is 0 Å². The summed E-state index contributed by atoms with van der Waals surface area (Å²) in [7, 11) is -9.83. The van der Waals surface area contributed by atoms with Crippen LogP contribution in [-0.4, -0.2) is 24.5 Å². The highest BCUT2D eigenvalue weighted by Gasteiger charge is 2.58. The van der Waals surface area contributed by atoms with E-state index < -0.39 is 20.1 Å². The molecular formula is C17H38O6P2. The summed E-state index contributed by atoms with van der Waals surface area (Å²) in [5, 5.41) is 0. The molecule has 0 radical (unpaired) electrons. The van der Waals surface area contributed by atoms with Gasteiger partial charge < -0.3 is 19.6 Å². The van der Waals surface area contributed by atoms with E-state index in [0.717, 1.165) is 64.2 Å². The zero-order valence-electron chi connectivity index (χ0n) is 15.9. The fraction of sp³-hybridized carbons (Fsp3) is 1.00. The molecule has 4 N–H and O–H groups in total. The summed E-state index contributed by atoms with van der Waals surface area (Å²) in [5.74, 6) is 0. The van der Waals surface area contributed by atoms with Crippen LogP contribution in [0.2, 0.25) is 0 Å². The summed E-state index contributed by atoms with van der Waals surface area (Å²) in [6.45, 7) is 4.21. The SMILES string of the molecule is CCCCCCCCC(CCCCCCCC)(P(=O)(O)O)P(=O)(O)O. The third kappa shape index (κ3) is 9.17. The first kappa shape index (κ1) is 25.3. The summed E-state index contributed by atoms with van der Waals surface area (Å²) < 4.78 is 24.1. The molecule has 0 heterocycles.